The summed E-state index contributed by atoms with van der Waals surface area (Å²) in [6.07, 6.45) is 1.51. The fourth-order valence-corrected chi connectivity index (χ4v) is 1.97. The van der Waals surface area contributed by atoms with Gasteiger partial charge in [-0.1, -0.05) is 47.0 Å². The first-order valence-corrected chi connectivity index (χ1v) is 7.38. The number of benzene rings is 2. The lowest BCUT2D eigenvalue weighted by molar-refractivity contribution is -0.119. The number of nitrogens with zero attached hydrogens (tertiary/aromatic N) is 1. The van der Waals surface area contributed by atoms with Crippen molar-refractivity contribution in [1.82, 2.24) is 5.43 Å². The highest BCUT2D eigenvalue weighted by atomic mass is 35.5. The largest absolute Gasteiger partial charge is 0.376 e. The molecule has 0 atom stereocenters. The van der Waals surface area contributed by atoms with Crippen LogP contribution in [0.4, 0.5) is 5.69 Å². The Labute approximate surface area is 139 Å². The summed E-state index contributed by atoms with van der Waals surface area (Å²) in [5.74, 6) is -0.239. The quantitative estimate of drug-likeness (QED) is 0.643. The van der Waals surface area contributed by atoms with Gasteiger partial charge < -0.3 is 5.32 Å². The Morgan fingerprint density at radius 3 is 2.55 bits per heavy atom. The Kier molecular flexibility index (Phi) is 5.81. The van der Waals surface area contributed by atoms with E-state index in [0.717, 1.165) is 11.3 Å². The van der Waals surface area contributed by atoms with Crippen LogP contribution in [0.2, 0.25) is 10.0 Å². The molecule has 0 bridgehead atoms. The summed E-state index contributed by atoms with van der Waals surface area (Å²) in [5, 5.41) is 7.80. The van der Waals surface area contributed by atoms with Gasteiger partial charge in [0.1, 0.15) is 0 Å². The summed E-state index contributed by atoms with van der Waals surface area (Å²) < 4.78 is 0. The second-order valence-corrected chi connectivity index (χ2v) is 5.50. The minimum atomic E-state index is -0.239. The van der Waals surface area contributed by atoms with Crippen LogP contribution in [0.3, 0.4) is 0 Å². The van der Waals surface area contributed by atoms with Gasteiger partial charge in [0.15, 0.2) is 0 Å². The summed E-state index contributed by atoms with van der Waals surface area (Å²) >= 11 is 11.7. The second kappa shape index (κ2) is 7.82. The van der Waals surface area contributed by atoms with Gasteiger partial charge in [0.05, 0.1) is 22.8 Å². The van der Waals surface area contributed by atoms with Crippen LogP contribution in [0, 0.1) is 6.92 Å². The lowest BCUT2D eigenvalue weighted by Crippen LogP contribution is -2.25. The average Bonchev–Trinajstić information content (AvgIpc) is 2.50. The lowest BCUT2D eigenvalue weighted by atomic mass is 10.2. The molecule has 0 aliphatic rings. The molecular weight excluding hydrogens is 321 g/mol. The van der Waals surface area contributed by atoms with Crippen molar-refractivity contribution >= 4 is 41.0 Å². The van der Waals surface area contributed by atoms with Gasteiger partial charge in [-0.2, -0.15) is 5.10 Å². The molecule has 22 heavy (non-hydrogen) atoms. The number of aryl methyl sites for hydroxylation is 1. The van der Waals surface area contributed by atoms with Crippen molar-refractivity contribution in [2.75, 3.05) is 11.9 Å². The molecule has 0 unspecified atom stereocenters. The Balaban J connectivity index is 1.80. The summed E-state index contributed by atoms with van der Waals surface area (Å²) in [4.78, 5) is 11.7. The standard InChI is InChI=1S/C16H15Cl2N3O/c1-11-2-5-13(6-3-11)19-10-16(22)21-20-9-12-4-7-14(17)15(18)8-12/h2-9,19H,10H2,1H3,(H,21,22)/b20-9-. The Morgan fingerprint density at radius 1 is 1.14 bits per heavy atom. The summed E-state index contributed by atoms with van der Waals surface area (Å²) in [6.45, 7) is 2.15. The normalized spacial score (nSPS) is 10.7. The van der Waals surface area contributed by atoms with Crippen molar-refractivity contribution < 1.29 is 4.79 Å². The Morgan fingerprint density at radius 2 is 1.86 bits per heavy atom. The van der Waals surface area contributed by atoms with Crippen LogP contribution in [0.1, 0.15) is 11.1 Å². The molecule has 0 aliphatic heterocycles. The maximum absolute atomic E-state index is 11.7. The molecule has 2 N–H and O–H groups in total. The molecule has 1 amide bonds. The summed E-state index contributed by atoms with van der Waals surface area (Å²) in [5.41, 5.74) is 5.24. The predicted molar refractivity (Wildman–Crippen MR) is 91.9 cm³/mol. The van der Waals surface area contributed by atoms with Crippen LogP contribution < -0.4 is 10.7 Å². The molecule has 0 spiro atoms. The highest BCUT2D eigenvalue weighted by molar-refractivity contribution is 6.42. The van der Waals surface area contributed by atoms with E-state index in [-0.39, 0.29) is 12.5 Å². The van der Waals surface area contributed by atoms with E-state index in [0.29, 0.717) is 10.0 Å². The summed E-state index contributed by atoms with van der Waals surface area (Å²) in [7, 11) is 0. The Hall–Kier alpha value is -2.04. The highest BCUT2D eigenvalue weighted by Gasteiger charge is 2.00. The van der Waals surface area contributed by atoms with Crippen LogP contribution in [-0.4, -0.2) is 18.7 Å². The summed E-state index contributed by atoms with van der Waals surface area (Å²) in [6, 6.07) is 12.9. The molecule has 114 valence electrons. The zero-order chi connectivity index (χ0) is 15.9. The molecule has 0 fully saturated rings. The van der Waals surface area contributed by atoms with Crippen molar-refractivity contribution in [3.63, 3.8) is 0 Å². The molecule has 2 aromatic rings. The first-order chi connectivity index (χ1) is 10.5. The number of rotatable bonds is 5. The number of hydrogen-bond acceptors (Lipinski definition) is 3. The highest BCUT2D eigenvalue weighted by Crippen LogP contribution is 2.21. The molecule has 0 heterocycles. The van der Waals surface area contributed by atoms with Gasteiger partial charge in [0.2, 0.25) is 0 Å². The first-order valence-electron chi connectivity index (χ1n) is 6.62. The minimum absolute atomic E-state index is 0.141. The minimum Gasteiger partial charge on any atom is -0.376 e. The SMILES string of the molecule is Cc1ccc(NCC(=O)N/N=C\c2ccc(Cl)c(Cl)c2)cc1. The van der Waals surface area contributed by atoms with Gasteiger partial charge in [-0.3, -0.25) is 4.79 Å². The fraction of sp³-hybridized carbons (Fsp3) is 0.125. The van der Waals surface area contributed by atoms with Crippen molar-refractivity contribution in [2.24, 2.45) is 5.10 Å². The molecule has 0 saturated carbocycles. The fourth-order valence-electron chi connectivity index (χ4n) is 1.66. The number of hydrogen-bond donors (Lipinski definition) is 2. The zero-order valence-corrected chi connectivity index (χ0v) is 13.4. The third-order valence-electron chi connectivity index (χ3n) is 2.85. The molecular formula is C16H15Cl2N3O. The van der Waals surface area contributed by atoms with E-state index in [1.54, 1.807) is 18.2 Å². The number of hydrazone groups is 1. The average molecular weight is 336 g/mol. The molecule has 2 aromatic carbocycles. The molecule has 0 saturated heterocycles. The zero-order valence-electron chi connectivity index (χ0n) is 11.9. The van der Waals surface area contributed by atoms with Crippen molar-refractivity contribution in [3.05, 3.63) is 63.6 Å². The monoisotopic (exact) mass is 335 g/mol. The topological polar surface area (TPSA) is 53.5 Å². The van der Waals surface area contributed by atoms with Gasteiger partial charge in [0, 0.05) is 5.69 Å². The van der Waals surface area contributed by atoms with E-state index in [9.17, 15) is 4.79 Å². The number of amides is 1. The van der Waals surface area contributed by atoms with Gasteiger partial charge in [-0.25, -0.2) is 5.43 Å². The van der Waals surface area contributed by atoms with Crippen LogP contribution in [0.25, 0.3) is 0 Å². The van der Waals surface area contributed by atoms with E-state index in [2.05, 4.69) is 15.8 Å². The predicted octanol–water partition coefficient (Wildman–Crippen LogP) is 3.86. The van der Waals surface area contributed by atoms with Gasteiger partial charge in [-0.15, -0.1) is 0 Å². The number of carbonyl (C=O) groups excluding carboxylic acids is 1. The third-order valence-corrected chi connectivity index (χ3v) is 3.59. The molecule has 0 aliphatic carbocycles. The van der Waals surface area contributed by atoms with Crippen LogP contribution >= 0.6 is 23.2 Å². The first kappa shape index (κ1) is 16.3. The second-order valence-electron chi connectivity index (χ2n) is 4.69. The van der Waals surface area contributed by atoms with E-state index < -0.39 is 0 Å². The van der Waals surface area contributed by atoms with Gasteiger partial charge in [-0.05, 0) is 36.8 Å². The van der Waals surface area contributed by atoms with E-state index in [4.69, 9.17) is 23.2 Å². The number of nitrogens with one attached hydrogen (secondary N) is 2. The molecule has 4 nitrogen and oxygen atoms in total. The van der Waals surface area contributed by atoms with Crippen LogP contribution in [0.15, 0.2) is 47.6 Å². The maximum Gasteiger partial charge on any atom is 0.259 e. The van der Waals surface area contributed by atoms with Crippen molar-refractivity contribution in [1.29, 1.82) is 0 Å². The van der Waals surface area contributed by atoms with Crippen molar-refractivity contribution in [2.45, 2.75) is 6.92 Å². The maximum atomic E-state index is 11.7. The molecule has 2 rings (SSSR count). The molecule has 0 aromatic heterocycles. The van der Waals surface area contributed by atoms with E-state index in [1.807, 2.05) is 31.2 Å². The van der Waals surface area contributed by atoms with Gasteiger partial charge >= 0.3 is 0 Å². The van der Waals surface area contributed by atoms with E-state index >= 15 is 0 Å². The number of anilines is 1. The van der Waals surface area contributed by atoms with Crippen LogP contribution in [-0.2, 0) is 4.79 Å². The van der Waals surface area contributed by atoms with Crippen LogP contribution in [0.5, 0.6) is 0 Å². The van der Waals surface area contributed by atoms with Gasteiger partial charge in [0.25, 0.3) is 5.91 Å². The smallest absolute Gasteiger partial charge is 0.259 e. The number of carbonyl (C=O) groups is 1. The Bertz CT molecular complexity index is 684. The van der Waals surface area contributed by atoms with Crippen molar-refractivity contribution in [3.8, 4) is 0 Å². The number of halogens is 2. The lowest BCUT2D eigenvalue weighted by Gasteiger charge is -2.05. The third kappa shape index (κ3) is 5.06. The molecule has 6 heteroatoms. The van der Waals surface area contributed by atoms with E-state index in [1.165, 1.54) is 11.8 Å². The molecule has 0 radical (unpaired) electrons.